The maximum Gasteiger partial charge on any atom is 0.406 e. The summed E-state index contributed by atoms with van der Waals surface area (Å²) in [5, 5.41) is 6.81. The van der Waals surface area contributed by atoms with E-state index < -0.39 is 36.0 Å². The fourth-order valence-electron chi connectivity index (χ4n) is 4.94. The number of rotatable bonds is 7. The molecule has 1 aliphatic rings. The van der Waals surface area contributed by atoms with Crippen LogP contribution in [0, 0.1) is 11.8 Å². The van der Waals surface area contributed by atoms with Crippen LogP contribution in [0.5, 0.6) is 5.75 Å². The number of alkyl halides is 4. The van der Waals surface area contributed by atoms with Crippen LogP contribution in [0.1, 0.15) is 32.9 Å². The second kappa shape index (κ2) is 12.3. The van der Waals surface area contributed by atoms with E-state index in [9.17, 15) is 21.9 Å². The summed E-state index contributed by atoms with van der Waals surface area (Å²) in [5.41, 5.74) is 1.44. The number of fused-ring (bicyclic) bond motifs is 1. The number of aromatic nitrogens is 1. The molecule has 0 bridgehead atoms. The Hall–Kier alpha value is -3.27. The van der Waals surface area contributed by atoms with Crippen LogP contribution in [0.3, 0.4) is 0 Å². The number of hydrogen-bond donors (Lipinski definition) is 3. The van der Waals surface area contributed by atoms with Crippen LogP contribution >= 0.6 is 0 Å². The Morgan fingerprint density at radius 1 is 1.15 bits per heavy atom. The largest absolute Gasteiger partial charge is 0.495 e. The van der Waals surface area contributed by atoms with Gasteiger partial charge in [0.15, 0.2) is 11.1 Å². The molecule has 0 radical (unpaired) electrons. The number of ether oxygens (including phenoxy) is 1. The molecule has 2 aromatic carbocycles. The number of nitrogens with one attached hydrogen (secondary N) is 2. The van der Waals surface area contributed by atoms with E-state index in [2.05, 4.69) is 27.4 Å². The number of methoxy groups -OCH3 is 1. The first kappa shape index (κ1) is 30.7. The van der Waals surface area contributed by atoms with E-state index in [0.29, 0.717) is 41.0 Å². The molecule has 12 heteroatoms. The normalized spacial score (nSPS) is 19.0. The summed E-state index contributed by atoms with van der Waals surface area (Å²) in [6, 6.07) is 10.6. The number of benzene rings is 2. The van der Waals surface area contributed by atoms with Crippen molar-refractivity contribution in [2.45, 2.75) is 62.6 Å². The molecule has 0 spiro atoms. The zero-order chi connectivity index (χ0) is 29.9. The first-order chi connectivity index (χ1) is 19.3. The van der Waals surface area contributed by atoms with Crippen molar-refractivity contribution in [1.82, 2.24) is 9.47 Å². The van der Waals surface area contributed by atoms with Crippen molar-refractivity contribution in [3.8, 4) is 17.6 Å². The van der Waals surface area contributed by atoms with Crippen molar-refractivity contribution >= 4 is 33.4 Å². The van der Waals surface area contributed by atoms with Gasteiger partial charge in [0, 0.05) is 35.8 Å². The molecule has 222 valence electrons. The summed E-state index contributed by atoms with van der Waals surface area (Å²) in [5.74, 6) is 6.02. The lowest BCUT2D eigenvalue weighted by molar-refractivity contribution is -0.140. The summed E-state index contributed by atoms with van der Waals surface area (Å²) >= 11 is -2.17. The van der Waals surface area contributed by atoms with Gasteiger partial charge in [-0.1, -0.05) is 12.0 Å². The molecule has 3 aromatic rings. The van der Waals surface area contributed by atoms with Crippen LogP contribution in [0.25, 0.3) is 10.9 Å². The highest BCUT2D eigenvalue weighted by Gasteiger charge is 2.34. The third kappa shape index (κ3) is 7.52. The van der Waals surface area contributed by atoms with Crippen molar-refractivity contribution in [2.75, 3.05) is 37.4 Å². The number of likely N-dealkylation sites (tertiary alicyclic amines) is 1. The SMILES string of the molecule is COc1cc(S(=O)O)ccc1NCC#Cc1cc2c(N[C@@H]3CCN(C(C)(C)C)C[C@@H]3F)cccc2n1CC(F)(F)F. The first-order valence-corrected chi connectivity index (χ1v) is 14.2. The van der Waals surface area contributed by atoms with Gasteiger partial charge in [0.2, 0.25) is 0 Å². The predicted molar refractivity (Wildman–Crippen MR) is 154 cm³/mol. The van der Waals surface area contributed by atoms with Gasteiger partial charge in [-0.05, 0) is 63.4 Å². The van der Waals surface area contributed by atoms with E-state index in [0.717, 1.165) is 4.57 Å². The average molecular weight is 595 g/mol. The number of anilines is 2. The van der Waals surface area contributed by atoms with E-state index in [1.165, 1.54) is 19.2 Å². The zero-order valence-electron chi connectivity index (χ0n) is 23.3. The Kier molecular flexibility index (Phi) is 9.21. The molecule has 1 aromatic heterocycles. The number of halogens is 4. The zero-order valence-corrected chi connectivity index (χ0v) is 24.1. The minimum Gasteiger partial charge on any atom is -0.495 e. The molecule has 0 aliphatic carbocycles. The second-order valence-electron chi connectivity index (χ2n) is 10.9. The van der Waals surface area contributed by atoms with Gasteiger partial charge in [-0.3, -0.25) is 4.90 Å². The van der Waals surface area contributed by atoms with Crippen molar-refractivity contribution in [2.24, 2.45) is 0 Å². The van der Waals surface area contributed by atoms with Crippen molar-refractivity contribution in [1.29, 1.82) is 0 Å². The maximum atomic E-state index is 15.2. The molecule has 0 saturated carbocycles. The lowest BCUT2D eigenvalue weighted by atomic mass is 9.96. The van der Waals surface area contributed by atoms with Gasteiger partial charge in [0.25, 0.3) is 0 Å². The van der Waals surface area contributed by atoms with Crippen LogP contribution in [0.4, 0.5) is 28.9 Å². The third-order valence-electron chi connectivity index (χ3n) is 7.07. The molecule has 1 aliphatic heterocycles. The summed E-state index contributed by atoms with van der Waals surface area (Å²) in [6.45, 7) is 5.98. The molecule has 0 amide bonds. The van der Waals surface area contributed by atoms with Gasteiger partial charge in [0.1, 0.15) is 18.5 Å². The van der Waals surface area contributed by atoms with Gasteiger partial charge in [-0.25, -0.2) is 8.60 Å². The Labute approximate surface area is 239 Å². The van der Waals surface area contributed by atoms with Gasteiger partial charge in [-0.15, -0.1) is 0 Å². The third-order valence-corrected chi connectivity index (χ3v) is 7.73. The van der Waals surface area contributed by atoms with E-state index in [1.807, 2.05) is 20.8 Å². The summed E-state index contributed by atoms with van der Waals surface area (Å²) in [6.07, 6.45) is -5.05. The maximum absolute atomic E-state index is 15.2. The second-order valence-corrected chi connectivity index (χ2v) is 11.9. The Morgan fingerprint density at radius 2 is 1.90 bits per heavy atom. The molecule has 1 unspecified atom stereocenters. The summed E-state index contributed by atoms with van der Waals surface area (Å²) in [4.78, 5) is 2.26. The van der Waals surface area contributed by atoms with E-state index in [1.54, 1.807) is 30.3 Å². The highest BCUT2D eigenvalue weighted by Crippen LogP contribution is 2.32. The van der Waals surface area contributed by atoms with E-state index >= 15 is 4.39 Å². The molecule has 7 nitrogen and oxygen atoms in total. The van der Waals surface area contributed by atoms with Crippen molar-refractivity contribution in [3.05, 3.63) is 48.2 Å². The van der Waals surface area contributed by atoms with E-state index in [-0.39, 0.29) is 29.2 Å². The summed E-state index contributed by atoms with van der Waals surface area (Å²) in [7, 11) is 1.41. The molecule has 2 heterocycles. The van der Waals surface area contributed by atoms with Gasteiger partial charge < -0.3 is 24.5 Å². The molecule has 3 atom stereocenters. The Morgan fingerprint density at radius 3 is 2.54 bits per heavy atom. The van der Waals surface area contributed by atoms with Gasteiger partial charge in [-0.2, -0.15) is 13.2 Å². The number of hydrogen-bond acceptors (Lipinski definition) is 5. The molecular formula is C29H34F4N4O3S. The number of piperidine rings is 1. The quantitative estimate of drug-likeness (QED) is 0.180. The smallest absolute Gasteiger partial charge is 0.406 e. The first-order valence-electron chi connectivity index (χ1n) is 13.1. The Bertz CT molecular complexity index is 1470. The molecular weight excluding hydrogens is 560 g/mol. The minimum absolute atomic E-state index is 0.0758. The standard InChI is InChI=1S/C29H34F4N4O3S/c1-28(2,3)36-14-12-24(22(30)17-36)35-23-8-5-9-26-21(23)15-19(37(26)18-29(31,32)33)7-6-13-34-25-11-10-20(41(38)39)16-27(25)40-4/h5,8-11,15-16,22,24,34-35H,12-14,17-18H2,1-4H3,(H,38,39)/t22-,24+/m0/s1. The molecule has 41 heavy (non-hydrogen) atoms. The highest BCUT2D eigenvalue weighted by atomic mass is 32.2. The predicted octanol–water partition coefficient (Wildman–Crippen LogP) is 5.88. The monoisotopic (exact) mass is 594 g/mol. The van der Waals surface area contributed by atoms with Gasteiger partial charge >= 0.3 is 6.18 Å². The van der Waals surface area contributed by atoms with Gasteiger partial charge in [0.05, 0.1) is 41.5 Å². The molecule has 1 fully saturated rings. The van der Waals surface area contributed by atoms with Crippen LogP contribution < -0.4 is 15.4 Å². The molecule has 3 N–H and O–H groups in total. The average Bonchev–Trinajstić information content (AvgIpc) is 3.23. The molecule has 4 rings (SSSR count). The van der Waals surface area contributed by atoms with Crippen LogP contribution in [0.2, 0.25) is 0 Å². The van der Waals surface area contributed by atoms with Crippen molar-refractivity contribution in [3.63, 3.8) is 0 Å². The Balaban J connectivity index is 1.58. The topological polar surface area (TPSA) is 78.8 Å². The van der Waals surface area contributed by atoms with Crippen molar-refractivity contribution < 1.29 is 31.1 Å². The lowest BCUT2D eigenvalue weighted by Gasteiger charge is -2.42. The van der Waals surface area contributed by atoms with Crippen LogP contribution in [-0.2, 0) is 17.6 Å². The van der Waals surface area contributed by atoms with Crippen LogP contribution in [-0.4, -0.2) is 68.9 Å². The van der Waals surface area contributed by atoms with E-state index in [4.69, 9.17) is 4.74 Å². The highest BCUT2D eigenvalue weighted by molar-refractivity contribution is 7.79. The van der Waals surface area contributed by atoms with Crippen LogP contribution in [0.15, 0.2) is 47.4 Å². The number of nitrogens with zero attached hydrogens (tertiary/aromatic N) is 2. The summed E-state index contributed by atoms with van der Waals surface area (Å²) < 4.78 is 82.8. The lowest BCUT2D eigenvalue weighted by Crippen LogP contribution is -2.54. The fraction of sp³-hybridized carbons (Fsp3) is 0.448. The molecule has 1 saturated heterocycles. The minimum atomic E-state index is -4.48. The fourth-order valence-corrected chi connectivity index (χ4v) is 5.33.